The van der Waals surface area contributed by atoms with Crippen LogP contribution in [0, 0.1) is 6.92 Å². The molecule has 1 saturated heterocycles. The van der Waals surface area contributed by atoms with Gasteiger partial charge >= 0.3 is 0 Å². The Labute approximate surface area is 170 Å². The van der Waals surface area contributed by atoms with Crippen LogP contribution >= 0.6 is 0 Å². The minimum Gasteiger partial charge on any atom is -0.469 e. The molecule has 3 amide bonds. The van der Waals surface area contributed by atoms with E-state index in [1.807, 2.05) is 30.3 Å². The summed E-state index contributed by atoms with van der Waals surface area (Å²) in [5.41, 5.74) is 1.52. The third-order valence-corrected chi connectivity index (χ3v) is 5.27. The molecular formula is C22H27N3O4. The summed E-state index contributed by atoms with van der Waals surface area (Å²) < 4.78 is 5.28. The molecule has 29 heavy (non-hydrogen) atoms. The summed E-state index contributed by atoms with van der Waals surface area (Å²) in [7, 11) is 0. The van der Waals surface area contributed by atoms with Crippen LogP contribution in [-0.2, 0) is 16.1 Å². The number of nitrogens with zero attached hydrogens (tertiary/aromatic N) is 3. The Morgan fingerprint density at radius 3 is 2.24 bits per heavy atom. The molecule has 2 heterocycles. The third kappa shape index (κ3) is 5.25. The average Bonchev–Trinajstić information content (AvgIpc) is 3.17. The van der Waals surface area contributed by atoms with Crippen molar-refractivity contribution in [2.45, 2.75) is 26.8 Å². The van der Waals surface area contributed by atoms with Crippen LogP contribution in [0.5, 0.6) is 0 Å². The molecule has 2 aromatic rings. The first-order chi connectivity index (χ1) is 14.0. The van der Waals surface area contributed by atoms with Gasteiger partial charge in [-0.05, 0) is 18.6 Å². The highest BCUT2D eigenvalue weighted by Crippen LogP contribution is 2.16. The van der Waals surface area contributed by atoms with E-state index < -0.39 is 0 Å². The third-order valence-electron chi connectivity index (χ3n) is 5.27. The van der Waals surface area contributed by atoms with Gasteiger partial charge in [-0.25, -0.2) is 0 Å². The average molecular weight is 397 g/mol. The molecule has 3 rings (SSSR count). The van der Waals surface area contributed by atoms with E-state index in [9.17, 15) is 14.4 Å². The van der Waals surface area contributed by atoms with Crippen molar-refractivity contribution in [1.29, 1.82) is 0 Å². The van der Waals surface area contributed by atoms with E-state index in [2.05, 4.69) is 0 Å². The minimum atomic E-state index is -0.144. The maximum atomic E-state index is 13.0. The second kappa shape index (κ2) is 9.41. The number of hydrogen-bond acceptors (Lipinski definition) is 4. The van der Waals surface area contributed by atoms with Gasteiger partial charge in [-0.1, -0.05) is 30.3 Å². The Hall–Kier alpha value is -3.09. The molecule has 0 N–H and O–H groups in total. The smallest absolute Gasteiger partial charge is 0.257 e. The maximum absolute atomic E-state index is 13.0. The van der Waals surface area contributed by atoms with E-state index in [0.717, 1.165) is 5.56 Å². The number of benzene rings is 1. The van der Waals surface area contributed by atoms with Gasteiger partial charge in [0, 0.05) is 52.6 Å². The van der Waals surface area contributed by atoms with Gasteiger partial charge in [0.1, 0.15) is 5.76 Å². The lowest BCUT2D eigenvalue weighted by atomic mass is 10.1. The molecule has 0 bridgehead atoms. The van der Waals surface area contributed by atoms with Crippen LogP contribution in [0.2, 0.25) is 0 Å². The van der Waals surface area contributed by atoms with Crippen LogP contribution in [0.15, 0.2) is 47.1 Å². The quantitative estimate of drug-likeness (QED) is 0.750. The van der Waals surface area contributed by atoms with Crippen molar-refractivity contribution in [3.05, 3.63) is 59.5 Å². The van der Waals surface area contributed by atoms with Crippen molar-refractivity contribution in [1.82, 2.24) is 14.7 Å². The zero-order valence-electron chi connectivity index (χ0n) is 17.0. The number of carbonyl (C=O) groups excluding carboxylic acids is 3. The molecule has 7 heteroatoms. The number of aryl methyl sites for hydroxylation is 1. The number of rotatable bonds is 6. The summed E-state index contributed by atoms with van der Waals surface area (Å²) in [6.07, 6.45) is 1.75. The van der Waals surface area contributed by atoms with Gasteiger partial charge < -0.3 is 19.1 Å². The fraction of sp³-hybridized carbons (Fsp3) is 0.409. The maximum Gasteiger partial charge on any atom is 0.257 e. The Morgan fingerprint density at radius 1 is 1.00 bits per heavy atom. The summed E-state index contributed by atoms with van der Waals surface area (Å²) in [5.74, 6) is 0.462. The molecule has 1 aromatic heterocycles. The standard InChI is InChI=1S/C22H27N3O4/c1-17-20(9-15-29-17)22(28)25(16-19-6-4-3-5-7-19)10-8-21(27)24-13-11-23(12-14-24)18(2)26/h3-7,9,15H,8,10-14,16H2,1-2H3. The van der Waals surface area contributed by atoms with Crippen molar-refractivity contribution in [3.63, 3.8) is 0 Å². The molecule has 1 aliphatic heterocycles. The van der Waals surface area contributed by atoms with E-state index in [0.29, 0.717) is 50.6 Å². The van der Waals surface area contributed by atoms with Crippen molar-refractivity contribution in [3.8, 4) is 0 Å². The van der Waals surface area contributed by atoms with Gasteiger partial charge in [-0.15, -0.1) is 0 Å². The van der Waals surface area contributed by atoms with Crippen molar-refractivity contribution in [2.24, 2.45) is 0 Å². The molecule has 7 nitrogen and oxygen atoms in total. The topological polar surface area (TPSA) is 74.1 Å². The number of amides is 3. The zero-order chi connectivity index (χ0) is 20.8. The van der Waals surface area contributed by atoms with Gasteiger partial charge in [-0.2, -0.15) is 0 Å². The number of furan rings is 1. The highest BCUT2D eigenvalue weighted by molar-refractivity contribution is 5.95. The van der Waals surface area contributed by atoms with Gasteiger partial charge in [0.05, 0.1) is 11.8 Å². The molecule has 0 unspecified atom stereocenters. The second-order valence-electron chi connectivity index (χ2n) is 7.24. The fourth-order valence-corrected chi connectivity index (χ4v) is 3.49. The second-order valence-corrected chi connectivity index (χ2v) is 7.24. The monoisotopic (exact) mass is 397 g/mol. The largest absolute Gasteiger partial charge is 0.469 e. The number of hydrogen-bond donors (Lipinski definition) is 0. The van der Waals surface area contributed by atoms with Crippen LogP contribution in [0.3, 0.4) is 0 Å². The lowest BCUT2D eigenvalue weighted by Gasteiger charge is -2.34. The lowest BCUT2D eigenvalue weighted by molar-refractivity contribution is -0.138. The molecule has 154 valence electrons. The van der Waals surface area contributed by atoms with E-state index in [1.165, 1.54) is 6.26 Å². The number of carbonyl (C=O) groups is 3. The summed E-state index contributed by atoms with van der Waals surface area (Å²) in [5, 5.41) is 0. The summed E-state index contributed by atoms with van der Waals surface area (Å²) >= 11 is 0. The molecule has 0 aliphatic carbocycles. The summed E-state index contributed by atoms with van der Waals surface area (Å²) in [4.78, 5) is 42.4. The molecule has 0 saturated carbocycles. The molecule has 1 fully saturated rings. The Morgan fingerprint density at radius 2 is 1.66 bits per heavy atom. The summed E-state index contributed by atoms with van der Waals surface area (Å²) in [6, 6.07) is 11.4. The Kier molecular flexibility index (Phi) is 6.69. The molecule has 0 spiro atoms. The van der Waals surface area contributed by atoms with E-state index in [1.54, 1.807) is 34.6 Å². The van der Waals surface area contributed by atoms with Crippen LogP contribution in [-0.4, -0.2) is 65.1 Å². The van der Waals surface area contributed by atoms with Crippen molar-refractivity contribution >= 4 is 17.7 Å². The van der Waals surface area contributed by atoms with E-state index >= 15 is 0 Å². The Balaban J connectivity index is 1.64. The van der Waals surface area contributed by atoms with Gasteiger partial charge in [0.15, 0.2) is 0 Å². The highest BCUT2D eigenvalue weighted by Gasteiger charge is 2.25. The predicted octanol–water partition coefficient (Wildman–Crippen LogP) is 2.31. The molecule has 0 atom stereocenters. The first kappa shape index (κ1) is 20.6. The minimum absolute atomic E-state index is 0.00276. The van der Waals surface area contributed by atoms with Crippen LogP contribution in [0.25, 0.3) is 0 Å². The normalized spacial score (nSPS) is 14.0. The first-order valence-corrected chi connectivity index (χ1v) is 9.86. The molecule has 0 radical (unpaired) electrons. The highest BCUT2D eigenvalue weighted by atomic mass is 16.3. The molecular weight excluding hydrogens is 370 g/mol. The van der Waals surface area contributed by atoms with Gasteiger partial charge in [0.25, 0.3) is 5.91 Å². The van der Waals surface area contributed by atoms with Crippen molar-refractivity contribution in [2.75, 3.05) is 32.7 Å². The van der Waals surface area contributed by atoms with E-state index in [4.69, 9.17) is 4.42 Å². The van der Waals surface area contributed by atoms with E-state index in [-0.39, 0.29) is 24.1 Å². The fourth-order valence-electron chi connectivity index (χ4n) is 3.49. The predicted molar refractivity (Wildman–Crippen MR) is 108 cm³/mol. The molecule has 1 aliphatic rings. The Bertz CT molecular complexity index is 854. The van der Waals surface area contributed by atoms with Gasteiger partial charge in [0.2, 0.25) is 11.8 Å². The molecule has 1 aromatic carbocycles. The van der Waals surface area contributed by atoms with Crippen LogP contribution in [0.1, 0.15) is 35.0 Å². The lowest BCUT2D eigenvalue weighted by Crippen LogP contribution is -2.50. The van der Waals surface area contributed by atoms with Gasteiger partial charge in [-0.3, -0.25) is 14.4 Å². The first-order valence-electron chi connectivity index (χ1n) is 9.86. The SMILES string of the molecule is CC(=O)N1CCN(C(=O)CCN(Cc2ccccc2)C(=O)c2ccoc2C)CC1. The van der Waals surface area contributed by atoms with Crippen molar-refractivity contribution < 1.29 is 18.8 Å². The van der Waals surface area contributed by atoms with Crippen LogP contribution in [0.4, 0.5) is 0 Å². The zero-order valence-corrected chi connectivity index (χ0v) is 17.0. The van der Waals surface area contributed by atoms with Crippen LogP contribution < -0.4 is 0 Å². The number of piperazine rings is 1. The summed E-state index contributed by atoms with van der Waals surface area (Å²) in [6.45, 7) is 6.23.